The lowest BCUT2D eigenvalue weighted by atomic mass is 10.1. The van der Waals surface area contributed by atoms with Gasteiger partial charge in [0.05, 0.1) is 10.7 Å². The molecule has 2 N–H and O–H groups in total. The summed E-state index contributed by atoms with van der Waals surface area (Å²) in [5.41, 5.74) is 3.67. The number of benzene rings is 3. The largest absolute Gasteiger partial charge is 0.484 e. The average molecular weight is 460 g/mol. The van der Waals surface area contributed by atoms with E-state index in [9.17, 15) is 14.9 Å². The molecule has 0 aliphatic rings. The highest BCUT2D eigenvalue weighted by atomic mass is 35.5. The quantitative estimate of drug-likeness (QED) is 0.359. The van der Waals surface area contributed by atoms with Crippen LogP contribution in [0.1, 0.15) is 16.7 Å². The molecule has 0 atom stereocenters. The molecule has 0 aliphatic heterocycles. The van der Waals surface area contributed by atoms with Crippen molar-refractivity contribution in [3.63, 3.8) is 0 Å². The van der Waals surface area contributed by atoms with Gasteiger partial charge in [-0.3, -0.25) is 9.59 Å². The zero-order valence-corrected chi connectivity index (χ0v) is 18.9. The zero-order valence-electron chi connectivity index (χ0n) is 18.2. The third kappa shape index (κ3) is 6.70. The van der Waals surface area contributed by atoms with E-state index in [1.54, 1.807) is 54.6 Å². The lowest BCUT2D eigenvalue weighted by Gasteiger charge is -2.10. The Labute approximate surface area is 197 Å². The topological polar surface area (TPSA) is 91.2 Å². The van der Waals surface area contributed by atoms with Crippen molar-refractivity contribution < 1.29 is 14.3 Å². The fourth-order valence-electron chi connectivity index (χ4n) is 3.05. The molecule has 6 nitrogen and oxygen atoms in total. The van der Waals surface area contributed by atoms with Crippen molar-refractivity contribution in [2.45, 2.75) is 13.8 Å². The van der Waals surface area contributed by atoms with Gasteiger partial charge >= 0.3 is 0 Å². The fraction of sp³-hybridized carbons (Fsp3) is 0.115. The van der Waals surface area contributed by atoms with Gasteiger partial charge in [-0.15, -0.1) is 0 Å². The standard InChI is InChI=1S/C26H22ClN3O3/c1-17-10-11-23(18(2)12-17)30-26(32)20(15-28)13-19-6-5-7-21(14-19)33-16-25(31)29-24-9-4-3-8-22(24)27/h3-14H,16H2,1-2H3,(H,29,31)(H,30,32)/b20-13+. The second-order valence-electron chi connectivity index (χ2n) is 7.33. The van der Waals surface area contributed by atoms with Gasteiger partial charge in [0.2, 0.25) is 0 Å². The van der Waals surface area contributed by atoms with Gasteiger partial charge in [-0.05, 0) is 61.4 Å². The third-order valence-corrected chi connectivity index (χ3v) is 5.01. The Balaban J connectivity index is 1.65. The highest BCUT2D eigenvalue weighted by Gasteiger charge is 2.12. The number of aryl methyl sites for hydroxylation is 2. The SMILES string of the molecule is Cc1ccc(NC(=O)/C(C#N)=C/c2cccc(OCC(=O)Nc3ccccc3Cl)c2)c(C)c1. The van der Waals surface area contributed by atoms with Gasteiger partial charge in [-0.25, -0.2) is 0 Å². The zero-order chi connectivity index (χ0) is 23.8. The summed E-state index contributed by atoms with van der Waals surface area (Å²) >= 11 is 6.04. The molecule has 0 spiro atoms. The van der Waals surface area contributed by atoms with Crippen LogP contribution in [0.5, 0.6) is 5.75 Å². The van der Waals surface area contributed by atoms with Crippen molar-refractivity contribution >= 4 is 40.9 Å². The number of para-hydroxylation sites is 1. The van der Waals surface area contributed by atoms with Gasteiger partial charge in [0, 0.05) is 5.69 Å². The summed E-state index contributed by atoms with van der Waals surface area (Å²) in [6.07, 6.45) is 1.47. The minimum absolute atomic E-state index is 0.0522. The van der Waals surface area contributed by atoms with Crippen molar-refractivity contribution in [1.29, 1.82) is 5.26 Å². The molecule has 3 rings (SSSR count). The number of carbonyl (C=O) groups is 2. The first-order valence-electron chi connectivity index (χ1n) is 10.1. The summed E-state index contributed by atoms with van der Waals surface area (Å²) < 4.78 is 5.55. The van der Waals surface area contributed by atoms with Crippen LogP contribution in [0.3, 0.4) is 0 Å². The number of hydrogen-bond acceptors (Lipinski definition) is 4. The molecule has 0 saturated carbocycles. The van der Waals surface area contributed by atoms with Gasteiger partial charge in [0.25, 0.3) is 11.8 Å². The van der Waals surface area contributed by atoms with E-state index in [-0.39, 0.29) is 18.1 Å². The molecule has 2 amide bonds. The van der Waals surface area contributed by atoms with E-state index in [1.165, 1.54) is 6.08 Å². The normalized spacial score (nSPS) is 10.8. The molecule has 0 fully saturated rings. The van der Waals surface area contributed by atoms with Gasteiger partial charge in [0.1, 0.15) is 17.4 Å². The maximum absolute atomic E-state index is 12.6. The van der Waals surface area contributed by atoms with E-state index >= 15 is 0 Å². The number of rotatable bonds is 7. The third-order valence-electron chi connectivity index (χ3n) is 4.68. The van der Waals surface area contributed by atoms with Crippen LogP contribution in [-0.2, 0) is 9.59 Å². The minimum atomic E-state index is -0.505. The number of nitriles is 1. The highest BCUT2D eigenvalue weighted by molar-refractivity contribution is 6.33. The van der Waals surface area contributed by atoms with Crippen molar-refractivity contribution in [3.05, 3.63) is 94.0 Å². The fourth-order valence-corrected chi connectivity index (χ4v) is 3.23. The number of halogens is 1. The smallest absolute Gasteiger partial charge is 0.266 e. The first-order chi connectivity index (χ1) is 15.9. The molecule has 0 bridgehead atoms. The molecule has 0 aliphatic carbocycles. The molecular formula is C26H22ClN3O3. The van der Waals surface area contributed by atoms with Crippen LogP contribution >= 0.6 is 11.6 Å². The van der Waals surface area contributed by atoms with Crippen LogP contribution in [0.2, 0.25) is 5.02 Å². The molecule has 33 heavy (non-hydrogen) atoms. The molecule has 3 aromatic rings. The number of amides is 2. The van der Waals surface area contributed by atoms with Crippen LogP contribution in [0, 0.1) is 25.2 Å². The van der Waals surface area contributed by atoms with Crippen LogP contribution in [-0.4, -0.2) is 18.4 Å². The first-order valence-corrected chi connectivity index (χ1v) is 10.5. The maximum Gasteiger partial charge on any atom is 0.266 e. The molecular weight excluding hydrogens is 438 g/mol. The van der Waals surface area contributed by atoms with Crippen LogP contribution in [0.4, 0.5) is 11.4 Å². The number of anilines is 2. The predicted octanol–water partition coefficient (Wildman–Crippen LogP) is 5.52. The van der Waals surface area contributed by atoms with Crippen molar-refractivity contribution in [1.82, 2.24) is 0 Å². The Morgan fingerprint density at radius 2 is 1.79 bits per heavy atom. The molecule has 0 aromatic heterocycles. The Hall–Kier alpha value is -4.08. The molecule has 7 heteroatoms. The van der Waals surface area contributed by atoms with E-state index in [2.05, 4.69) is 10.6 Å². The second-order valence-corrected chi connectivity index (χ2v) is 7.74. The van der Waals surface area contributed by atoms with Crippen molar-refractivity contribution in [2.75, 3.05) is 17.2 Å². The summed E-state index contributed by atoms with van der Waals surface area (Å²) in [6.45, 7) is 3.63. The molecule has 3 aromatic carbocycles. The Morgan fingerprint density at radius 3 is 2.52 bits per heavy atom. The second kappa shape index (κ2) is 11.0. The van der Waals surface area contributed by atoms with Crippen molar-refractivity contribution in [2.24, 2.45) is 0 Å². The van der Waals surface area contributed by atoms with E-state index in [4.69, 9.17) is 16.3 Å². The molecule has 0 heterocycles. The van der Waals surface area contributed by atoms with Crippen LogP contribution in [0.25, 0.3) is 6.08 Å². The number of carbonyl (C=O) groups excluding carboxylic acids is 2. The summed E-state index contributed by atoms with van der Waals surface area (Å²) in [4.78, 5) is 24.7. The number of nitrogens with zero attached hydrogens (tertiary/aromatic N) is 1. The van der Waals surface area contributed by atoms with Crippen molar-refractivity contribution in [3.8, 4) is 11.8 Å². The Bertz CT molecular complexity index is 1260. The molecule has 0 radical (unpaired) electrons. The van der Waals surface area contributed by atoms with E-state index in [1.807, 2.05) is 32.0 Å². The van der Waals surface area contributed by atoms with Gasteiger partial charge in [0.15, 0.2) is 6.61 Å². The lowest BCUT2D eigenvalue weighted by molar-refractivity contribution is -0.118. The minimum Gasteiger partial charge on any atom is -0.484 e. The van der Waals surface area contributed by atoms with Crippen LogP contribution < -0.4 is 15.4 Å². The Morgan fingerprint density at radius 1 is 1.00 bits per heavy atom. The molecule has 0 unspecified atom stereocenters. The van der Waals surface area contributed by atoms with Gasteiger partial charge in [-0.2, -0.15) is 5.26 Å². The molecule has 0 saturated heterocycles. The number of ether oxygens (including phenoxy) is 1. The highest BCUT2D eigenvalue weighted by Crippen LogP contribution is 2.21. The van der Waals surface area contributed by atoms with Crippen LogP contribution in [0.15, 0.2) is 72.3 Å². The lowest BCUT2D eigenvalue weighted by Crippen LogP contribution is -2.20. The number of hydrogen-bond donors (Lipinski definition) is 2. The van der Waals surface area contributed by atoms with E-state index in [0.717, 1.165) is 11.1 Å². The Kier molecular flexibility index (Phi) is 7.85. The summed E-state index contributed by atoms with van der Waals surface area (Å²) in [6, 6.07) is 21.3. The first kappa shape index (κ1) is 23.6. The number of nitrogens with one attached hydrogen (secondary N) is 2. The maximum atomic E-state index is 12.6. The monoisotopic (exact) mass is 459 g/mol. The summed E-state index contributed by atoms with van der Waals surface area (Å²) in [7, 11) is 0. The summed E-state index contributed by atoms with van der Waals surface area (Å²) in [5.74, 6) is -0.449. The average Bonchev–Trinajstić information content (AvgIpc) is 2.79. The summed E-state index contributed by atoms with van der Waals surface area (Å²) in [5, 5.41) is 15.4. The van der Waals surface area contributed by atoms with E-state index < -0.39 is 5.91 Å². The van der Waals surface area contributed by atoms with E-state index in [0.29, 0.717) is 27.7 Å². The molecule has 166 valence electrons. The van der Waals surface area contributed by atoms with Gasteiger partial charge < -0.3 is 15.4 Å². The van der Waals surface area contributed by atoms with Gasteiger partial charge in [-0.1, -0.05) is 53.6 Å². The predicted molar refractivity (Wildman–Crippen MR) is 130 cm³/mol.